The predicted molar refractivity (Wildman–Crippen MR) is 265 cm³/mol. The van der Waals surface area contributed by atoms with Gasteiger partial charge in [-0.3, -0.25) is 0 Å². The lowest BCUT2D eigenvalue weighted by Gasteiger charge is -2.25. The average Bonchev–Trinajstić information content (AvgIpc) is 4.01. The van der Waals surface area contributed by atoms with Gasteiger partial charge in [-0.15, -0.1) is 11.3 Å². The van der Waals surface area contributed by atoms with Gasteiger partial charge in [-0.25, -0.2) is 9.98 Å². The smallest absolute Gasteiger partial charge is 0.159 e. The maximum absolute atomic E-state index is 6.82. The summed E-state index contributed by atoms with van der Waals surface area (Å²) in [5.74, 6) is 1.42. The topological polar surface area (TPSA) is 54.8 Å². The van der Waals surface area contributed by atoms with Gasteiger partial charge in [0.2, 0.25) is 0 Å². The Hall–Kier alpha value is -8.06. The lowest BCUT2D eigenvalue weighted by Crippen LogP contribution is -2.34. The highest BCUT2D eigenvalue weighted by atomic mass is 32.1. The average molecular weight is 823 g/mol. The van der Waals surface area contributed by atoms with Crippen LogP contribution in [0.1, 0.15) is 22.9 Å². The number of aliphatic imine (C=N–C) groups is 2. The van der Waals surface area contributed by atoms with Crippen molar-refractivity contribution in [3.8, 4) is 5.69 Å². The molecule has 0 amide bonds. The monoisotopic (exact) mass is 822 g/mol. The van der Waals surface area contributed by atoms with Crippen LogP contribution < -0.4 is 5.32 Å². The summed E-state index contributed by atoms with van der Waals surface area (Å²) in [5.41, 5.74) is 7.88. The summed E-state index contributed by atoms with van der Waals surface area (Å²) in [4.78, 5) is 11.0. The molecule has 4 heterocycles. The van der Waals surface area contributed by atoms with Crippen LogP contribution in [0.3, 0.4) is 0 Å². The first kappa shape index (κ1) is 34.6. The second kappa shape index (κ2) is 13.2. The molecule has 1 atom stereocenters. The molecule has 0 bridgehead atoms. The number of hydrogen-bond acceptors (Lipinski definition) is 5. The van der Waals surface area contributed by atoms with Crippen LogP contribution in [0, 0.1) is 0 Å². The number of hydrogen-bond donors (Lipinski definition) is 1. The molecule has 13 aromatic rings. The summed E-state index contributed by atoms with van der Waals surface area (Å²) in [6, 6.07) is 69.7. The molecule has 0 radical (unpaired) electrons. The summed E-state index contributed by atoms with van der Waals surface area (Å²) in [6.45, 7) is 0. The van der Waals surface area contributed by atoms with Crippen LogP contribution in [-0.4, -0.2) is 16.2 Å². The Kier molecular flexibility index (Phi) is 7.27. The molecule has 1 aliphatic rings. The lowest BCUT2D eigenvalue weighted by molar-refractivity contribution is 0.668. The van der Waals surface area contributed by atoms with E-state index in [1.807, 2.05) is 17.4 Å². The van der Waals surface area contributed by atoms with Gasteiger partial charge in [0.15, 0.2) is 5.84 Å². The summed E-state index contributed by atoms with van der Waals surface area (Å²) < 4.78 is 11.8. The van der Waals surface area contributed by atoms with Gasteiger partial charge in [0.1, 0.15) is 23.2 Å². The number of rotatable bonds is 4. The Morgan fingerprint density at radius 2 is 1.17 bits per heavy atom. The SMILES string of the molecule is c1ccc2cc3c(cc2c1)c1c2ccccc2ccc1n3-c1cc(C2=NC(c3ccc4sc5ccccc5c4c3)=NC(c3cccc4ccccc34)N2)c2c(c1)oc1ccccc12. The van der Waals surface area contributed by atoms with Gasteiger partial charge in [0.25, 0.3) is 0 Å². The number of fused-ring (bicyclic) bond motifs is 13. The zero-order chi connectivity index (χ0) is 41.2. The van der Waals surface area contributed by atoms with E-state index in [4.69, 9.17) is 14.4 Å². The number of para-hydroxylation sites is 1. The molecule has 0 saturated carbocycles. The van der Waals surface area contributed by atoms with E-state index in [1.54, 1.807) is 0 Å². The summed E-state index contributed by atoms with van der Waals surface area (Å²) in [7, 11) is 0. The first-order chi connectivity index (χ1) is 31.2. The highest BCUT2D eigenvalue weighted by molar-refractivity contribution is 7.25. The van der Waals surface area contributed by atoms with Crippen molar-refractivity contribution >= 4 is 119 Å². The molecule has 14 rings (SSSR count). The first-order valence-corrected chi connectivity index (χ1v) is 22.1. The van der Waals surface area contributed by atoms with Crippen LogP contribution in [0.25, 0.3) is 102 Å². The van der Waals surface area contributed by atoms with E-state index >= 15 is 0 Å². The van der Waals surface area contributed by atoms with Gasteiger partial charge in [-0.1, -0.05) is 133 Å². The number of nitrogens with one attached hydrogen (secondary N) is 1. The van der Waals surface area contributed by atoms with Crippen LogP contribution >= 0.6 is 11.3 Å². The molecule has 63 heavy (non-hydrogen) atoms. The van der Waals surface area contributed by atoms with E-state index < -0.39 is 6.17 Å². The third kappa shape index (κ3) is 5.22. The molecule has 1 unspecified atom stereocenters. The van der Waals surface area contributed by atoms with E-state index in [2.05, 4.69) is 198 Å². The number of benzene rings is 10. The molecule has 0 saturated heterocycles. The zero-order valence-corrected chi connectivity index (χ0v) is 34.5. The number of furan rings is 1. The maximum Gasteiger partial charge on any atom is 0.159 e. The number of nitrogens with zero attached hydrogens (tertiary/aromatic N) is 3. The lowest BCUT2D eigenvalue weighted by atomic mass is 10.00. The Labute approximate surface area is 364 Å². The molecular weight excluding hydrogens is 789 g/mol. The summed E-state index contributed by atoms with van der Waals surface area (Å²) in [6.07, 6.45) is -0.420. The van der Waals surface area contributed by atoms with Gasteiger partial charge >= 0.3 is 0 Å². The molecule has 1 N–H and O–H groups in total. The van der Waals surface area contributed by atoms with Crippen molar-refractivity contribution in [1.82, 2.24) is 9.88 Å². The van der Waals surface area contributed by atoms with E-state index in [0.717, 1.165) is 66.6 Å². The van der Waals surface area contributed by atoms with E-state index in [9.17, 15) is 0 Å². The van der Waals surface area contributed by atoms with E-state index in [1.165, 1.54) is 57.9 Å². The molecule has 3 aromatic heterocycles. The summed E-state index contributed by atoms with van der Waals surface area (Å²) >= 11 is 1.82. The van der Waals surface area contributed by atoms with Crippen LogP contribution in [0.4, 0.5) is 0 Å². The largest absolute Gasteiger partial charge is 0.456 e. The number of aromatic nitrogens is 1. The van der Waals surface area contributed by atoms with Crippen LogP contribution in [0.2, 0.25) is 0 Å². The second-order valence-electron chi connectivity index (χ2n) is 16.5. The quantitative estimate of drug-likeness (QED) is 0.192. The Balaban J connectivity index is 1.06. The minimum atomic E-state index is -0.420. The molecule has 294 valence electrons. The normalized spacial score (nSPS) is 14.5. The highest BCUT2D eigenvalue weighted by Crippen LogP contribution is 2.42. The van der Waals surface area contributed by atoms with Crippen molar-refractivity contribution in [2.75, 3.05) is 0 Å². The van der Waals surface area contributed by atoms with Gasteiger partial charge in [0.05, 0.1) is 16.7 Å². The van der Waals surface area contributed by atoms with E-state index in [-0.39, 0.29) is 0 Å². The fraction of sp³-hybridized carbons (Fsp3) is 0.0175. The second-order valence-corrected chi connectivity index (χ2v) is 17.6. The molecule has 6 heteroatoms. The zero-order valence-electron chi connectivity index (χ0n) is 33.7. The third-order valence-corrected chi connectivity index (χ3v) is 14.1. The van der Waals surface area contributed by atoms with Crippen LogP contribution in [0.15, 0.2) is 209 Å². The minimum Gasteiger partial charge on any atom is -0.456 e. The van der Waals surface area contributed by atoms with Crippen molar-refractivity contribution in [1.29, 1.82) is 0 Å². The van der Waals surface area contributed by atoms with Crippen molar-refractivity contribution in [2.24, 2.45) is 9.98 Å². The number of thiophene rings is 1. The van der Waals surface area contributed by atoms with Crippen LogP contribution in [0.5, 0.6) is 0 Å². The van der Waals surface area contributed by atoms with Crippen LogP contribution in [-0.2, 0) is 0 Å². The van der Waals surface area contributed by atoms with Crippen molar-refractivity contribution in [3.63, 3.8) is 0 Å². The molecule has 10 aromatic carbocycles. The Morgan fingerprint density at radius 1 is 0.476 bits per heavy atom. The Bertz CT molecular complexity index is 4140. The first-order valence-electron chi connectivity index (χ1n) is 21.3. The molecule has 1 aliphatic heterocycles. The van der Waals surface area contributed by atoms with Gasteiger partial charge in [-0.05, 0) is 86.9 Å². The Morgan fingerprint density at radius 3 is 2.05 bits per heavy atom. The molecular formula is C57H34N4OS. The summed E-state index contributed by atoms with van der Waals surface area (Å²) in [5, 5.41) is 18.0. The third-order valence-electron chi connectivity index (χ3n) is 13.0. The van der Waals surface area contributed by atoms with Gasteiger partial charge in [-0.2, -0.15) is 0 Å². The van der Waals surface area contributed by atoms with Gasteiger partial charge in [0, 0.05) is 64.5 Å². The van der Waals surface area contributed by atoms with Gasteiger partial charge < -0.3 is 14.3 Å². The van der Waals surface area contributed by atoms with E-state index in [0.29, 0.717) is 5.84 Å². The molecule has 0 aliphatic carbocycles. The van der Waals surface area contributed by atoms with Crippen molar-refractivity contribution in [2.45, 2.75) is 6.17 Å². The standard InChI is InChI=1S/C57H34N4OS/c1-2-15-36-30-48-45(28-35(36)14-1)53-40-18-6-4-13-34(40)24-26-47(53)61(48)38-31-46(54-43-20-7-9-22-49(43)62-50(54)32-38)57-59-55(37-25-27-52-44(29-37)41-19-8-10-23-51(41)63-52)58-56(60-57)42-21-11-16-33-12-3-5-17-39(33)42/h1-32,56H,(H,58,59,60). The highest BCUT2D eigenvalue weighted by Gasteiger charge is 2.27. The predicted octanol–water partition coefficient (Wildman–Crippen LogP) is 15.0. The minimum absolute atomic E-state index is 0.420. The van der Waals surface area contributed by atoms with Crippen molar-refractivity contribution in [3.05, 3.63) is 211 Å². The fourth-order valence-corrected chi connectivity index (χ4v) is 11.2. The number of amidine groups is 2. The maximum atomic E-state index is 6.82. The molecule has 0 spiro atoms. The molecule has 0 fully saturated rings. The molecule has 5 nitrogen and oxygen atoms in total. The van der Waals surface area contributed by atoms with Crippen molar-refractivity contribution < 1.29 is 4.42 Å². The fourth-order valence-electron chi connectivity index (χ4n) is 10.1.